The second kappa shape index (κ2) is 8.44. The summed E-state index contributed by atoms with van der Waals surface area (Å²) >= 11 is 0. The number of carbonyl (C=O) groups is 1. The van der Waals surface area contributed by atoms with Crippen LogP contribution in [0.25, 0.3) is 0 Å². The summed E-state index contributed by atoms with van der Waals surface area (Å²) in [5.74, 6) is -0.271. The third-order valence-corrected chi connectivity index (χ3v) is 5.47. The Morgan fingerprint density at radius 2 is 1.58 bits per heavy atom. The summed E-state index contributed by atoms with van der Waals surface area (Å²) in [6, 6.07) is 11.7. The lowest BCUT2D eigenvalue weighted by atomic mass is 10.1. The Labute approximate surface area is 155 Å². The molecule has 0 aliphatic rings. The van der Waals surface area contributed by atoms with Crippen molar-refractivity contribution in [1.29, 1.82) is 0 Å². The van der Waals surface area contributed by atoms with Crippen LogP contribution in [0.2, 0.25) is 0 Å². The van der Waals surface area contributed by atoms with Crippen molar-refractivity contribution in [3.05, 3.63) is 59.2 Å². The molecule has 0 bridgehead atoms. The van der Waals surface area contributed by atoms with Crippen molar-refractivity contribution in [3.8, 4) is 0 Å². The molecule has 2 aromatic rings. The maximum Gasteiger partial charge on any atom is 0.255 e. The molecular formula is C19H25N3O3S. The molecule has 2 rings (SSSR count). The molecule has 26 heavy (non-hydrogen) atoms. The predicted molar refractivity (Wildman–Crippen MR) is 104 cm³/mol. The Kier molecular flexibility index (Phi) is 6.52. The normalized spacial score (nSPS) is 11.6. The number of nitrogens with one attached hydrogen (secondary N) is 2. The molecule has 0 fully saturated rings. The van der Waals surface area contributed by atoms with Gasteiger partial charge in [-0.05, 0) is 63.3 Å². The highest BCUT2D eigenvalue weighted by Gasteiger charge is 2.15. The van der Waals surface area contributed by atoms with Gasteiger partial charge in [0.1, 0.15) is 0 Å². The molecule has 0 aromatic heterocycles. The maximum atomic E-state index is 12.4. The van der Waals surface area contributed by atoms with Crippen LogP contribution < -0.4 is 10.0 Å². The summed E-state index contributed by atoms with van der Waals surface area (Å²) < 4.78 is 27.0. The largest absolute Gasteiger partial charge is 0.322 e. The van der Waals surface area contributed by atoms with Crippen LogP contribution in [0.15, 0.2) is 47.4 Å². The number of nitrogens with zero attached hydrogens (tertiary/aromatic N) is 1. The van der Waals surface area contributed by atoms with E-state index in [9.17, 15) is 13.2 Å². The number of sulfonamides is 1. The van der Waals surface area contributed by atoms with E-state index in [1.807, 2.05) is 51.0 Å². The highest BCUT2D eigenvalue weighted by molar-refractivity contribution is 7.89. The molecule has 0 aliphatic carbocycles. The van der Waals surface area contributed by atoms with Crippen LogP contribution in [0.3, 0.4) is 0 Å². The molecule has 2 aromatic carbocycles. The first-order valence-electron chi connectivity index (χ1n) is 8.33. The van der Waals surface area contributed by atoms with Gasteiger partial charge in [0.05, 0.1) is 4.90 Å². The van der Waals surface area contributed by atoms with Gasteiger partial charge in [-0.25, -0.2) is 13.1 Å². The zero-order valence-corrected chi connectivity index (χ0v) is 16.4. The van der Waals surface area contributed by atoms with Crippen molar-refractivity contribution in [2.75, 3.05) is 32.5 Å². The Morgan fingerprint density at radius 3 is 2.12 bits per heavy atom. The fourth-order valence-electron chi connectivity index (χ4n) is 2.47. The van der Waals surface area contributed by atoms with Crippen LogP contribution >= 0.6 is 0 Å². The van der Waals surface area contributed by atoms with Gasteiger partial charge in [0.2, 0.25) is 10.0 Å². The Balaban J connectivity index is 2.10. The number of para-hydroxylation sites is 1. The van der Waals surface area contributed by atoms with Crippen molar-refractivity contribution < 1.29 is 13.2 Å². The number of hydrogen-bond donors (Lipinski definition) is 2. The summed E-state index contributed by atoms with van der Waals surface area (Å²) in [5.41, 5.74) is 3.13. The van der Waals surface area contributed by atoms with Crippen molar-refractivity contribution in [1.82, 2.24) is 9.62 Å². The number of aryl methyl sites for hydroxylation is 2. The fraction of sp³-hybridized carbons (Fsp3) is 0.316. The smallest absolute Gasteiger partial charge is 0.255 e. The summed E-state index contributed by atoms with van der Waals surface area (Å²) in [4.78, 5) is 14.5. The second-order valence-corrected chi connectivity index (χ2v) is 8.21. The Hall–Kier alpha value is -2.22. The molecule has 140 valence electrons. The van der Waals surface area contributed by atoms with Gasteiger partial charge in [0.15, 0.2) is 0 Å². The monoisotopic (exact) mass is 375 g/mol. The Bertz CT molecular complexity index is 855. The molecule has 0 saturated heterocycles. The predicted octanol–water partition coefficient (Wildman–Crippen LogP) is 2.40. The number of hydrogen-bond acceptors (Lipinski definition) is 4. The third kappa shape index (κ3) is 5.14. The lowest BCUT2D eigenvalue weighted by Gasteiger charge is -2.12. The van der Waals surface area contributed by atoms with Gasteiger partial charge in [-0.2, -0.15) is 0 Å². The summed E-state index contributed by atoms with van der Waals surface area (Å²) in [5, 5.41) is 2.89. The molecule has 7 heteroatoms. The number of likely N-dealkylation sites (N-methyl/N-ethyl adjacent to an activating group) is 1. The second-order valence-electron chi connectivity index (χ2n) is 6.45. The summed E-state index contributed by atoms with van der Waals surface area (Å²) in [7, 11) is 0.167. The zero-order chi connectivity index (χ0) is 19.3. The van der Waals surface area contributed by atoms with Crippen LogP contribution in [-0.4, -0.2) is 46.4 Å². The number of carbonyl (C=O) groups excluding carboxylic acids is 1. The van der Waals surface area contributed by atoms with Gasteiger partial charge in [-0.15, -0.1) is 0 Å². The molecule has 1 amide bonds. The van der Waals surface area contributed by atoms with Crippen molar-refractivity contribution in [2.45, 2.75) is 18.7 Å². The molecule has 0 heterocycles. The van der Waals surface area contributed by atoms with Gasteiger partial charge < -0.3 is 10.2 Å². The lowest BCUT2D eigenvalue weighted by molar-refractivity contribution is 0.102. The number of anilines is 1. The van der Waals surface area contributed by atoms with Gasteiger partial charge in [-0.1, -0.05) is 18.2 Å². The highest BCUT2D eigenvalue weighted by Crippen LogP contribution is 2.20. The molecule has 0 atom stereocenters. The molecule has 0 unspecified atom stereocenters. The van der Waals surface area contributed by atoms with Gasteiger partial charge in [0, 0.05) is 24.3 Å². The van der Waals surface area contributed by atoms with Crippen LogP contribution in [0.4, 0.5) is 5.69 Å². The molecule has 2 N–H and O–H groups in total. The Morgan fingerprint density at radius 1 is 1.00 bits per heavy atom. The van der Waals surface area contributed by atoms with E-state index in [1.165, 1.54) is 24.3 Å². The van der Waals surface area contributed by atoms with E-state index < -0.39 is 10.0 Å². The van der Waals surface area contributed by atoms with E-state index in [4.69, 9.17) is 0 Å². The topological polar surface area (TPSA) is 78.5 Å². The summed E-state index contributed by atoms with van der Waals surface area (Å²) in [6.45, 7) is 4.79. The van der Waals surface area contributed by atoms with Gasteiger partial charge in [-0.3, -0.25) is 4.79 Å². The molecular weight excluding hydrogens is 350 g/mol. The van der Waals surface area contributed by atoms with Crippen LogP contribution in [0.5, 0.6) is 0 Å². The number of rotatable bonds is 7. The van der Waals surface area contributed by atoms with E-state index >= 15 is 0 Å². The number of benzene rings is 2. The van der Waals surface area contributed by atoms with Crippen molar-refractivity contribution in [2.24, 2.45) is 0 Å². The maximum absolute atomic E-state index is 12.4. The summed E-state index contributed by atoms with van der Waals surface area (Å²) in [6.07, 6.45) is 0. The van der Waals surface area contributed by atoms with Crippen molar-refractivity contribution in [3.63, 3.8) is 0 Å². The average Bonchev–Trinajstić information content (AvgIpc) is 2.57. The standard InChI is InChI=1S/C19H25N3O3S/c1-14-6-5-7-15(2)18(14)21-19(23)16-8-10-17(11-9-16)26(24,25)20-12-13-22(3)4/h5-11,20H,12-13H2,1-4H3,(H,21,23). The van der Waals surface area contributed by atoms with Crippen LogP contribution in [0.1, 0.15) is 21.5 Å². The SMILES string of the molecule is Cc1cccc(C)c1NC(=O)c1ccc(S(=O)(=O)NCCN(C)C)cc1. The van der Waals surface area contributed by atoms with E-state index in [-0.39, 0.29) is 10.8 Å². The van der Waals surface area contributed by atoms with E-state index in [0.29, 0.717) is 18.7 Å². The zero-order valence-electron chi connectivity index (χ0n) is 15.5. The van der Waals surface area contributed by atoms with E-state index in [0.717, 1.165) is 16.8 Å². The highest BCUT2D eigenvalue weighted by atomic mass is 32.2. The molecule has 0 saturated carbocycles. The molecule has 6 nitrogen and oxygen atoms in total. The van der Waals surface area contributed by atoms with E-state index in [2.05, 4.69) is 10.0 Å². The average molecular weight is 375 g/mol. The third-order valence-electron chi connectivity index (χ3n) is 4.00. The van der Waals surface area contributed by atoms with Crippen LogP contribution in [0, 0.1) is 13.8 Å². The fourth-order valence-corrected chi connectivity index (χ4v) is 3.49. The lowest BCUT2D eigenvalue weighted by Crippen LogP contribution is -2.31. The quantitative estimate of drug-likeness (QED) is 0.779. The molecule has 0 aliphatic heterocycles. The van der Waals surface area contributed by atoms with E-state index in [1.54, 1.807) is 0 Å². The van der Waals surface area contributed by atoms with Gasteiger partial charge in [0.25, 0.3) is 5.91 Å². The first kappa shape index (κ1) is 20.1. The molecule has 0 radical (unpaired) electrons. The minimum atomic E-state index is -3.58. The minimum absolute atomic E-state index is 0.139. The molecule has 0 spiro atoms. The van der Waals surface area contributed by atoms with Crippen molar-refractivity contribution >= 4 is 21.6 Å². The number of amides is 1. The first-order valence-corrected chi connectivity index (χ1v) is 9.81. The van der Waals surface area contributed by atoms with Crippen LogP contribution in [-0.2, 0) is 10.0 Å². The minimum Gasteiger partial charge on any atom is -0.322 e. The van der Waals surface area contributed by atoms with Gasteiger partial charge >= 0.3 is 0 Å². The first-order chi connectivity index (χ1) is 12.2.